The lowest BCUT2D eigenvalue weighted by Crippen LogP contribution is -2.24. The zero-order valence-corrected chi connectivity index (χ0v) is 15.6. The SMILES string of the molecule is CC.CC.CCNc1ccnc(OC)n1.CN1CCCCC1. The van der Waals surface area contributed by atoms with Gasteiger partial charge in [-0.1, -0.05) is 34.1 Å². The number of aromatic nitrogens is 2. The molecular formula is C17H36N4O. The van der Waals surface area contributed by atoms with Crippen LogP contribution in [0.4, 0.5) is 5.82 Å². The predicted molar refractivity (Wildman–Crippen MR) is 96.8 cm³/mol. The van der Waals surface area contributed by atoms with Crippen molar-refractivity contribution < 1.29 is 4.74 Å². The van der Waals surface area contributed by atoms with Gasteiger partial charge in [-0.2, -0.15) is 4.98 Å². The van der Waals surface area contributed by atoms with Crippen molar-refractivity contribution in [2.75, 3.05) is 39.1 Å². The molecular weight excluding hydrogens is 276 g/mol. The lowest BCUT2D eigenvalue weighted by Gasteiger charge is -2.20. The number of likely N-dealkylation sites (tertiary alicyclic amines) is 1. The van der Waals surface area contributed by atoms with E-state index in [-0.39, 0.29) is 0 Å². The van der Waals surface area contributed by atoms with Gasteiger partial charge in [-0.3, -0.25) is 0 Å². The molecule has 2 rings (SSSR count). The van der Waals surface area contributed by atoms with Crippen LogP contribution in [0.5, 0.6) is 6.01 Å². The largest absolute Gasteiger partial charge is 0.467 e. The number of nitrogens with one attached hydrogen (secondary N) is 1. The van der Waals surface area contributed by atoms with E-state index in [1.165, 1.54) is 32.4 Å². The van der Waals surface area contributed by atoms with Gasteiger partial charge in [-0.25, -0.2) is 4.98 Å². The maximum atomic E-state index is 4.84. The van der Waals surface area contributed by atoms with E-state index in [9.17, 15) is 0 Å². The van der Waals surface area contributed by atoms with Crippen molar-refractivity contribution in [2.45, 2.75) is 53.9 Å². The first-order valence-corrected chi connectivity index (χ1v) is 8.55. The Kier molecular flexibility index (Phi) is 18.4. The molecule has 0 aromatic carbocycles. The smallest absolute Gasteiger partial charge is 0.318 e. The van der Waals surface area contributed by atoms with Gasteiger partial charge in [0.2, 0.25) is 0 Å². The highest BCUT2D eigenvalue weighted by atomic mass is 16.5. The predicted octanol–water partition coefficient (Wildman–Crippen LogP) is 4.07. The minimum atomic E-state index is 0.392. The van der Waals surface area contributed by atoms with Crippen LogP contribution in [0.25, 0.3) is 0 Å². The molecule has 1 aromatic heterocycles. The van der Waals surface area contributed by atoms with Crippen LogP contribution < -0.4 is 10.1 Å². The van der Waals surface area contributed by atoms with Gasteiger partial charge in [0, 0.05) is 12.7 Å². The molecule has 0 amide bonds. The molecule has 0 radical (unpaired) electrons. The molecule has 1 aromatic rings. The maximum absolute atomic E-state index is 4.84. The van der Waals surface area contributed by atoms with E-state index in [1.54, 1.807) is 19.4 Å². The van der Waals surface area contributed by atoms with Crippen LogP contribution >= 0.6 is 0 Å². The topological polar surface area (TPSA) is 50.3 Å². The Morgan fingerprint density at radius 3 is 2.14 bits per heavy atom. The molecule has 1 saturated heterocycles. The Bertz CT molecular complexity index is 328. The Labute approximate surface area is 137 Å². The van der Waals surface area contributed by atoms with Gasteiger partial charge < -0.3 is 15.0 Å². The Hall–Kier alpha value is -1.36. The Morgan fingerprint density at radius 2 is 1.73 bits per heavy atom. The molecule has 0 aliphatic carbocycles. The number of hydrogen-bond acceptors (Lipinski definition) is 5. The quantitative estimate of drug-likeness (QED) is 0.911. The van der Waals surface area contributed by atoms with E-state index in [4.69, 9.17) is 4.74 Å². The molecule has 0 atom stereocenters. The summed E-state index contributed by atoms with van der Waals surface area (Å²) in [7, 11) is 3.74. The lowest BCUT2D eigenvalue weighted by molar-refractivity contribution is 0.277. The van der Waals surface area contributed by atoms with Crippen molar-refractivity contribution >= 4 is 5.82 Å². The van der Waals surface area contributed by atoms with E-state index in [1.807, 2.05) is 34.6 Å². The number of methoxy groups -OCH3 is 1. The first kappa shape index (κ1) is 22.9. The molecule has 1 fully saturated rings. The highest BCUT2D eigenvalue weighted by Crippen LogP contribution is 2.05. The fraction of sp³-hybridized carbons (Fsp3) is 0.765. The second-order valence-electron chi connectivity index (χ2n) is 4.32. The van der Waals surface area contributed by atoms with Crippen LogP contribution in [-0.2, 0) is 0 Å². The maximum Gasteiger partial charge on any atom is 0.318 e. The van der Waals surface area contributed by atoms with Crippen LogP contribution in [0.15, 0.2) is 12.3 Å². The van der Waals surface area contributed by atoms with Crippen LogP contribution in [0.1, 0.15) is 53.9 Å². The van der Waals surface area contributed by atoms with Gasteiger partial charge >= 0.3 is 6.01 Å². The summed E-state index contributed by atoms with van der Waals surface area (Å²) in [5.74, 6) is 0.791. The highest BCUT2D eigenvalue weighted by molar-refractivity contribution is 5.33. The summed E-state index contributed by atoms with van der Waals surface area (Å²) in [6, 6.07) is 2.19. The summed E-state index contributed by atoms with van der Waals surface area (Å²) < 4.78 is 4.84. The standard InChI is InChI=1S/C7H11N3O.C6H13N.2C2H6/c1-3-8-6-4-5-9-7(10-6)11-2;1-7-5-3-2-4-6-7;2*1-2/h4-5H,3H2,1-2H3,(H,8,9,10);2-6H2,1H3;2*1-2H3. The van der Waals surface area contributed by atoms with Gasteiger partial charge in [0.05, 0.1) is 7.11 Å². The van der Waals surface area contributed by atoms with E-state index in [2.05, 4.69) is 27.2 Å². The average Bonchev–Trinajstić information content (AvgIpc) is 2.60. The molecule has 1 N–H and O–H groups in total. The average molecular weight is 313 g/mol. The number of ether oxygens (including phenoxy) is 1. The van der Waals surface area contributed by atoms with Gasteiger partial charge in [0.15, 0.2) is 0 Å². The first-order valence-electron chi connectivity index (χ1n) is 8.55. The zero-order chi connectivity index (χ0) is 17.2. The highest BCUT2D eigenvalue weighted by Gasteiger charge is 2.02. The third kappa shape index (κ3) is 12.4. The monoisotopic (exact) mass is 312 g/mol. The van der Waals surface area contributed by atoms with Crippen molar-refractivity contribution in [1.29, 1.82) is 0 Å². The lowest BCUT2D eigenvalue weighted by atomic mass is 10.1. The number of rotatable bonds is 3. The molecule has 5 nitrogen and oxygen atoms in total. The molecule has 5 heteroatoms. The molecule has 130 valence electrons. The van der Waals surface area contributed by atoms with Crippen LogP contribution in [0.3, 0.4) is 0 Å². The Balaban J connectivity index is 0. The summed E-state index contributed by atoms with van der Waals surface area (Å²) in [4.78, 5) is 10.3. The van der Waals surface area contributed by atoms with Crippen LogP contribution in [0, 0.1) is 0 Å². The summed E-state index contributed by atoms with van der Waals surface area (Å²) in [6.45, 7) is 13.5. The van der Waals surface area contributed by atoms with Crippen molar-refractivity contribution in [3.8, 4) is 6.01 Å². The third-order valence-corrected chi connectivity index (χ3v) is 2.75. The summed E-state index contributed by atoms with van der Waals surface area (Å²) in [5, 5.41) is 3.05. The zero-order valence-electron chi connectivity index (χ0n) is 15.6. The molecule has 0 saturated carbocycles. The van der Waals surface area contributed by atoms with E-state index < -0.39 is 0 Å². The van der Waals surface area contributed by atoms with E-state index in [0.717, 1.165) is 12.4 Å². The van der Waals surface area contributed by atoms with Gasteiger partial charge in [0.1, 0.15) is 5.82 Å². The molecule has 1 aliphatic heterocycles. The van der Waals surface area contributed by atoms with E-state index >= 15 is 0 Å². The number of nitrogens with zero attached hydrogens (tertiary/aromatic N) is 3. The van der Waals surface area contributed by atoms with Crippen molar-refractivity contribution in [1.82, 2.24) is 14.9 Å². The molecule has 0 bridgehead atoms. The van der Waals surface area contributed by atoms with E-state index in [0.29, 0.717) is 6.01 Å². The normalized spacial score (nSPS) is 13.2. The second-order valence-corrected chi connectivity index (χ2v) is 4.32. The molecule has 0 unspecified atom stereocenters. The minimum Gasteiger partial charge on any atom is -0.467 e. The van der Waals surface area contributed by atoms with Crippen molar-refractivity contribution in [3.63, 3.8) is 0 Å². The Morgan fingerprint density at radius 1 is 1.14 bits per heavy atom. The van der Waals surface area contributed by atoms with Crippen LogP contribution in [-0.4, -0.2) is 48.7 Å². The molecule has 1 aliphatic rings. The first-order chi connectivity index (χ1) is 10.8. The number of anilines is 1. The summed E-state index contributed by atoms with van der Waals surface area (Å²) in [5.41, 5.74) is 0. The van der Waals surface area contributed by atoms with Gasteiger partial charge in [-0.05, 0) is 46.0 Å². The summed E-state index contributed by atoms with van der Waals surface area (Å²) >= 11 is 0. The van der Waals surface area contributed by atoms with Gasteiger partial charge in [0.25, 0.3) is 0 Å². The number of hydrogen-bond donors (Lipinski definition) is 1. The second kappa shape index (κ2) is 17.7. The summed E-state index contributed by atoms with van der Waals surface area (Å²) in [6.07, 6.45) is 5.93. The van der Waals surface area contributed by atoms with Crippen molar-refractivity contribution in [3.05, 3.63) is 12.3 Å². The molecule has 0 spiro atoms. The fourth-order valence-electron chi connectivity index (χ4n) is 1.77. The third-order valence-electron chi connectivity index (χ3n) is 2.75. The van der Waals surface area contributed by atoms with Crippen molar-refractivity contribution in [2.24, 2.45) is 0 Å². The van der Waals surface area contributed by atoms with Crippen LogP contribution in [0.2, 0.25) is 0 Å². The molecule has 2 heterocycles. The van der Waals surface area contributed by atoms with Gasteiger partial charge in [-0.15, -0.1) is 0 Å². The molecule has 22 heavy (non-hydrogen) atoms. The minimum absolute atomic E-state index is 0.392. The fourth-order valence-corrected chi connectivity index (χ4v) is 1.77. The number of piperidine rings is 1.